The van der Waals surface area contributed by atoms with Crippen LogP contribution in [-0.2, 0) is 6.42 Å². The molecule has 0 bridgehead atoms. The molecular weight excluding hydrogens is 208 g/mol. The van der Waals surface area contributed by atoms with Gasteiger partial charge in [-0.25, -0.2) is 0 Å². The SMILES string of the molecule is CCC(C)CC(Cc1cc(C)ccc1C)NN. The summed E-state index contributed by atoms with van der Waals surface area (Å²) >= 11 is 0. The Morgan fingerprint density at radius 3 is 2.59 bits per heavy atom. The van der Waals surface area contributed by atoms with Crippen LogP contribution in [0.3, 0.4) is 0 Å². The number of hydrazine groups is 1. The number of hydrogen-bond donors (Lipinski definition) is 2. The Hall–Kier alpha value is -0.860. The summed E-state index contributed by atoms with van der Waals surface area (Å²) in [6, 6.07) is 7.02. The van der Waals surface area contributed by atoms with E-state index in [2.05, 4.69) is 51.3 Å². The summed E-state index contributed by atoms with van der Waals surface area (Å²) in [6.07, 6.45) is 3.37. The van der Waals surface area contributed by atoms with Crippen LogP contribution in [0.2, 0.25) is 0 Å². The van der Waals surface area contributed by atoms with Gasteiger partial charge in [-0.1, -0.05) is 44.0 Å². The molecule has 2 atom stereocenters. The van der Waals surface area contributed by atoms with E-state index in [-0.39, 0.29) is 0 Å². The van der Waals surface area contributed by atoms with Gasteiger partial charge in [-0.05, 0) is 43.7 Å². The Balaban J connectivity index is 2.69. The van der Waals surface area contributed by atoms with E-state index < -0.39 is 0 Å². The fraction of sp³-hybridized carbons (Fsp3) is 0.600. The normalized spacial score (nSPS) is 14.6. The average Bonchev–Trinajstić information content (AvgIpc) is 2.32. The van der Waals surface area contributed by atoms with E-state index in [4.69, 9.17) is 5.84 Å². The number of rotatable bonds is 6. The Morgan fingerprint density at radius 2 is 2.00 bits per heavy atom. The summed E-state index contributed by atoms with van der Waals surface area (Å²) < 4.78 is 0. The summed E-state index contributed by atoms with van der Waals surface area (Å²) in [6.45, 7) is 8.83. The highest BCUT2D eigenvalue weighted by Gasteiger charge is 2.12. The largest absolute Gasteiger partial charge is 0.271 e. The van der Waals surface area contributed by atoms with Crippen molar-refractivity contribution in [1.82, 2.24) is 5.43 Å². The van der Waals surface area contributed by atoms with Gasteiger partial charge in [0, 0.05) is 6.04 Å². The molecule has 0 spiro atoms. The molecule has 2 unspecified atom stereocenters. The molecule has 17 heavy (non-hydrogen) atoms. The third-order valence-electron chi connectivity index (χ3n) is 3.59. The van der Waals surface area contributed by atoms with Crippen LogP contribution in [0, 0.1) is 19.8 Å². The summed E-state index contributed by atoms with van der Waals surface area (Å²) in [5.41, 5.74) is 7.06. The second-order valence-electron chi connectivity index (χ2n) is 5.25. The van der Waals surface area contributed by atoms with E-state index in [1.807, 2.05) is 0 Å². The summed E-state index contributed by atoms with van der Waals surface area (Å²) in [7, 11) is 0. The molecule has 1 aromatic carbocycles. The number of nitrogens with one attached hydrogen (secondary N) is 1. The lowest BCUT2D eigenvalue weighted by Gasteiger charge is -2.20. The third-order valence-corrected chi connectivity index (χ3v) is 3.59. The van der Waals surface area contributed by atoms with Crippen LogP contribution >= 0.6 is 0 Å². The minimum absolute atomic E-state index is 0.380. The lowest BCUT2D eigenvalue weighted by atomic mass is 9.93. The van der Waals surface area contributed by atoms with Crippen molar-refractivity contribution in [2.24, 2.45) is 11.8 Å². The molecule has 2 heteroatoms. The molecule has 3 N–H and O–H groups in total. The topological polar surface area (TPSA) is 38.0 Å². The molecule has 0 saturated carbocycles. The number of aryl methyl sites for hydroxylation is 2. The molecule has 0 fully saturated rings. The lowest BCUT2D eigenvalue weighted by Crippen LogP contribution is -2.38. The van der Waals surface area contributed by atoms with Gasteiger partial charge in [-0.3, -0.25) is 11.3 Å². The van der Waals surface area contributed by atoms with Gasteiger partial charge in [0.2, 0.25) is 0 Å². The quantitative estimate of drug-likeness (QED) is 0.586. The van der Waals surface area contributed by atoms with E-state index in [0.717, 1.165) is 18.8 Å². The molecule has 0 aliphatic rings. The highest BCUT2D eigenvalue weighted by Crippen LogP contribution is 2.17. The van der Waals surface area contributed by atoms with Crippen LogP contribution in [0.25, 0.3) is 0 Å². The van der Waals surface area contributed by atoms with Crippen molar-refractivity contribution in [2.45, 2.75) is 53.0 Å². The predicted molar refractivity (Wildman–Crippen MR) is 74.8 cm³/mol. The van der Waals surface area contributed by atoms with Crippen LogP contribution in [-0.4, -0.2) is 6.04 Å². The first kappa shape index (κ1) is 14.2. The van der Waals surface area contributed by atoms with Crippen molar-refractivity contribution in [3.63, 3.8) is 0 Å². The molecule has 0 heterocycles. The predicted octanol–water partition coefficient (Wildman–Crippen LogP) is 3.11. The maximum Gasteiger partial charge on any atom is 0.0253 e. The van der Waals surface area contributed by atoms with Crippen LogP contribution in [0.15, 0.2) is 18.2 Å². The molecule has 2 nitrogen and oxygen atoms in total. The third kappa shape index (κ3) is 4.49. The first-order valence-corrected chi connectivity index (χ1v) is 6.59. The zero-order chi connectivity index (χ0) is 12.8. The molecule has 0 amide bonds. The zero-order valence-electron chi connectivity index (χ0n) is 11.6. The highest BCUT2D eigenvalue weighted by molar-refractivity contribution is 5.31. The Kier molecular flexibility index (Phi) is 5.66. The van der Waals surface area contributed by atoms with Gasteiger partial charge in [0.25, 0.3) is 0 Å². The van der Waals surface area contributed by atoms with Crippen LogP contribution in [0.1, 0.15) is 43.4 Å². The smallest absolute Gasteiger partial charge is 0.0253 e. The first-order valence-electron chi connectivity index (χ1n) is 6.59. The second-order valence-corrected chi connectivity index (χ2v) is 5.25. The molecule has 0 saturated heterocycles. The fourth-order valence-corrected chi connectivity index (χ4v) is 2.15. The zero-order valence-corrected chi connectivity index (χ0v) is 11.6. The minimum Gasteiger partial charge on any atom is -0.271 e. The molecule has 1 rings (SSSR count). The highest BCUT2D eigenvalue weighted by atomic mass is 15.2. The molecular formula is C15H26N2. The van der Waals surface area contributed by atoms with Gasteiger partial charge in [0.1, 0.15) is 0 Å². The molecule has 0 aliphatic carbocycles. The van der Waals surface area contributed by atoms with Crippen molar-refractivity contribution in [3.05, 3.63) is 34.9 Å². The standard InChI is InChI=1S/C15H26N2/c1-5-11(2)9-15(17-16)10-14-8-12(3)6-7-13(14)4/h6-8,11,15,17H,5,9-10,16H2,1-4H3. The number of benzene rings is 1. The monoisotopic (exact) mass is 234 g/mol. The van der Waals surface area contributed by atoms with E-state index >= 15 is 0 Å². The van der Waals surface area contributed by atoms with Crippen molar-refractivity contribution in [1.29, 1.82) is 0 Å². The van der Waals surface area contributed by atoms with Crippen molar-refractivity contribution >= 4 is 0 Å². The van der Waals surface area contributed by atoms with Crippen LogP contribution in [0.4, 0.5) is 0 Å². The van der Waals surface area contributed by atoms with Gasteiger partial charge < -0.3 is 0 Å². The molecule has 0 aliphatic heterocycles. The Morgan fingerprint density at radius 1 is 1.29 bits per heavy atom. The molecule has 1 aromatic rings. The lowest BCUT2D eigenvalue weighted by molar-refractivity contribution is 0.396. The Labute approximate surface area is 106 Å². The van der Waals surface area contributed by atoms with E-state index in [0.29, 0.717) is 6.04 Å². The van der Waals surface area contributed by atoms with E-state index in [1.54, 1.807) is 0 Å². The number of hydrogen-bond acceptors (Lipinski definition) is 2. The van der Waals surface area contributed by atoms with Gasteiger partial charge in [0.05, 0.1) is 0 Å². The van der Waals surface area contributed by atoms with Gasteiger partial charge in [-0.15, -0.1) is 0 Å². The second kappa shape index (κ2) is 6.77. The molecule has 0 radical (unpaired) electrons. The van der Waals surface area contributed by atoms with Crippen LogP contribution < -0.4 is 11.3 Å². The van der Waals surface area contributed by atoms with Crippen molar-refractivity contribution < 1.29 is 0 Å². The summed E-state index contributed by atoms with van der Waals surface area (Å²) in [5.74, 6) is 6.39. The fourth-order valence-electron chi connectivity index (χ4n) is 2.15. The van der Waals surface area contributed by atoms with E-state index in [9.17, 15) is 0 Å². The summed E-state index contributed by atoms with van der Waals surface area (Å²) in [5, 5.41) is 0. The maximum absolute atomic E-state index is 5.66. The number of nitrogens with two attached hydrogens (primary N) is 1. The van der Waals surface area contributed by atoms with Crippen molar-refractivity contribution in [3.8, 4) is 0 Å². The van der Waals surface area contributed by atoms with E-state index in [1.165, 1.54) is 23.1 Å². The Bertz CT molecular complexity index is 347. The molecule has 0 aromatic heterocycles. The van der Waals surface area contributed by atoms with Gasteiger partial charge in [0.15, 0.2) is 0 Å². The minimum atomic E-state index is 0.380. The van der Waals surface area contributed by atoms with Crippen LogP contribution in [0.5, 0.6) is 0 Å². The van der Waals surface area contributed by atoms with Gasteiger partial charge in [-0.2, -0.15) is 0 Å². The average molecular weight is 234 g/mol. The molecule has 96 valence electrons. The first-order chi connectivity index (χ1) is 8.06. The van der Waals surface area contributed by atoms with Gasteiger partial charge >= 0.3 is 0 Å². The summed E-state index contributed by atoms with van der Waals surface area (Å²) in [4.78, 5) is 0. The maximum atomic E-state index is 5.66. The van der Waals surface area contributed by atoms with Crippen molar-refractivity contribution in [2.75, 3.05) is 0 Å².